The summed E-state index contributed by atoms with van der Waals surface area (Å²) in [6, 6.07) is 0. The molecule has 0 fully saturated rings. The van der Waals surface area contributed by atoms with Gasteiger partial charge in [-0.05, 0) is 0 Å². The van der Waals surface area contributed by atoms with Gasteiger partial charge in [0, 0.05) is 6.21 Å². The maximum atomic E-state index is 3.94. The molecule has 0 saturated heterocycles. The van der Waals surface area contributed by atoms with Crippen molar-refractivity contribution in [2.75, 3.05) is 13.2 Å². The Morgan fingerprint density at radius 2 is 2.56 bits per heavy atom. The third-order valence-electron chi connectivity index (χ3n) is 1.33. The average molecular weight is 122 g/mol. The smallest absolute Gasteiger partial charge is 0.171 e. The third-order valence-corrected chi connectivity index (χ3v) is 1.33. The first-order valence-corrected chi connectivity index (χ1v) is 2.81. The van der Waals surface area contributed by atoms with Crippen molar-refractivity contribution in [1.29, 1.82) is 0 Å². The average Bonchev–Trinajstić information content (AvgIpc) is 2.33. The van der Waals surface area contributed by atoms with Gasteiger partial charge in [-0.3, -0.25) is 4.99 Å². The van der Waals surface area contributed by atoms with Gasteiger partial charge in [-0.25, -0.2) is 0 Å². The van der Waals surface area contributed by atoms with Gasteiger partial charge in [-0.15, -0.1) is 5.11 Å². The Hall–Kier alpha value is -1.19. The molecule has 4 nitrogen and oxygen atoms in total. The van der Waals surface area contributed by atoms with Crippen molar-refractivity contribution in [3.05, 3.63) is 12.0 Å². The molecule has 0 spiro atoms. The molecule has 0 bridgehead atoms. The van der Waals surface area contributed by atoms with Crippen LogP contribution in [0.3, 0.4) is 0 Å². The van der Waals surface area contributed by atoms with Crippen LogP contribution in [0.1, 0.15) is 0 Å². The van der Waals surface area contributed by atoms with Crippen LogP contribution in [0.15, 0.2) is 27.2 Å². The van der Waals surface area contributed by atoms with Gasteiger partial charge >= 0.3 is 0 Å². The van der Waals surface area contributed by atoms with Crippen LogP contribution in [-0.2, 0) is 0 Å². The van der Waals surface area contributed by atoms with E-state index in [0.717, 1.165) is 12.4 Å². The van der Waals surface area contributed by atoms with Crippen LogP contribution in [0.25, 0.3) is 0 Å². The topological polar surface area (TPSA) is 40.3 Å². The molecule has 0 aromatic carbocycles. The van der Waals surface area contributed by atoms with Crippen molar-refractivity contribution in [2.24, 2.45) is 15.2 Å². The minimum absolute atomic E-state index is 0.692. The maximum Gasteiger partial charge on any atom is 0.171 e. The Balaban J connectivity index is 2.31. The number of hydrogen-bond acceptors (Lipinski definition) is 4. The lowest BCUT2D eigenvalue weighted by Gasteiger charge is -2.14. The Morgan fingerprint density at radius 3 is 3.44 bits per heavy atom. The van der Waals surface area contributed by atoms with Gasteiger partial charge in [0.1, 0.15) is 6.67 Å². The lowest BCUT2D eigenvalue weighted by Crippen LogP contribution is -2.22. The summed E-state index contributed by atoms with van der Waals surface area (Å²) in [7, 11) is 0. The maximum absolute atomic E-state index is 3.94. The number of hydrogen-bond donors (Lipinski definition) is 0. The van der Waals surface area contributed by atoms with Gasteiger partial charge < -0.3 is 4.90 Å². The van der Waals surface area contributed by atoms with Crippen LogP contribution in [0.2, 0.25) is 0 Å². The lowest BCUT2D eigenvalue weighted by atomic mass is 10.5. The van der Waals surface area contributed by atoms with E-state index in [0.29, 0.717) is 6.67 Å². The van der Waals surface area contributed by atoms with E-state index in [4.69, 9.17) is 0 Å². The lowest BCUT2D eigenvalue weighted by molar-refractivity contribution is 0.436. The molecule has 0 aliphatic carbocycles. The predicted octanol–water partition coefficient (Wildman–Crippen LogP) is 0.595. The Bertz CT molecular complexity index is 203. The molecule has 0 amide bonds. The number of rotatable bonds is 0. The van der Waals surface area contributed by atoms with Gasteiger partial charge in [0.15, 0.2) is 5.82 Å². The SMILES string of the molecule is C1=NC=C2N=NCN2C1. The van der Waals surface area contributed by atoms with Gasteiger partial charge in [0.25, 0.3) is 0 Å². The van der Waals surface area contributed by atoms with Gasteiger partial charge in [-0.1, -0.05) is 0 Å². The first kappa shape index (κ1) is 4.67. The van der Waals surface area contributed by atoms with Crippen LogP contribution < -0.4 is 0 Å². The quantitative estimate of drug-likeness (QED) is 0.463. The fourth-order valence-corrected chi connectivity index (χ4v) is 0.840. The summed E-state index contributed by atoms with van der Waals surface area (Å²) in [6.45, 7) is 1.54. The molecule has 4 heteroatoms. The number of nitrogens with zero attached hydrogens (tertiary/aromatic N) is 4. The second-order valence-corrected chi connectivity index (χ2v) is 1.92. The Kier molecular flexibility index (Phi) is 0.855. The van der Waals surface area contributed by atoms with E-state index in [1.807, 2.05) is 11.1 Å². The first-order valence-electron chi connectivity index (χ1n) is 2.81. The second-order valence-electron chi connectivity index (χ2n) is 1.92. The molecule has 0 unspecified atom stereocenters. The fourth-order valence-electron chi connectivity index (χ4n) is 0.840. The molecular formula is C5H6N4. The molecule has 0 N–H and O–H groups in total. The third kappa shape index (κ3) is 0.630. The van der Waals surface area contributed by atoms with Crippen molar-refractivity contribution in [3.8, 4) is 0 Å². The van der Waals surface area contributed by atoms with Crippen molar-refractivity contribution >= 4 is 6.21 Å². The van der Waals surface area contributed by atoms with Crippen molar-refractivity contribution in [1.82, 2.24) is 4.90 Å². The monoisotopic (exact) mass is 122 g/mol. The molecule has 46 valence electrons. The number of fused-ring (bicyclic) bond motifs is 1. The summed E-state index contributed by atoms with van der Waals surface area (Å²) in [4.78, 5) is 5.99. The van der Waals surface area contributed by atoms with Crippen LogP contribution in [0.5, 0.6) is 0 Å². The minimum atomic E-state index is 0.692. The van der Waals surface area contributed by atoms with Crippen LogP contribution >= 0.6 is 0 Å². The van der Waals surface area contributed by atoms with Crippen LogP contribution in [0.4, 0.5) is 0 Å². The molecule has 9 heavy (non-hydrogen) atoms. The molecular weight excluding hydrogens is 116 g/mol. The summed E-state index contributed by atoms with van der Waals surface area (Å²) in [5, 5.41) is 7.69. The zero-order chi connectivity index (χ0) is 6.10. The van der Waals surface area contributed by atoms with E-state index >= 15 is 0 Å². The van der Waals surface area contributed by atoms with E-state index in [-0.39, 0.29) is 0 Å². The standard InChI is InChI=1S/C5H6N4/c1-2-9-4-7-8-5(9)3-6-1/h1,3H,2,4H2. The molecule has 2 aliphatic rings. The molecule has 2 heterocycles. The normalized spacial score (nSPS) is 22.2. The largest absolute Gasteiger partial charge is 0.327 e. The summed E-state index contributed by atoms with van der Waals surface area (Å²) >= 11 is 0. The summed E-state index contributed by atoms with van der Waals surface area (Å²) in [5.41, 5.74) is 0. The molecule has 0 saturated carbocycles. The fraction of sp³-hybridized carbons (Fsp3) is 0.400. The van der Waals surface area contributed by atoms with E-state index in [1.165, 1.54) is 0 Å². The highest BCUT2D eigenvalue weighted by molar-refractivity contribution is 5.62. The van der Waals surface area contributed by atoms with Gasteiger partial charge in [-0.2, -0.15) is 5.11 Å². The minimum Gasteiger partial charge on any atom is -0.327 e. The summed E-state index contributed by atoms with van der Waals surface area (Å²) in [6.07, 6.45) is 3.57. The summed E-state index contributed by atoms with van der Waals surface area (Å²) < 4.78 is 0. The second kappa shape index (κ2) is 1.65. The molecule has 0 radical (unpaired) electrons. The van der Waals surface area contributed by atoms with E-state index < -0.39 is 0 Å². The van der Waals surface area contributed by atoms with Crippen molar-refractivity contribution in [3.63, 3.8) is 0 Å². The zero-order valence-electron chi connectivity index (χ0n) is 4.86. The highest BCUT2D eigenvalue weighted by Gasteiger charge is 2.14. The highest BCUT2D eigenvalue weighted by Crippen LogP contribution is 2.14. The van der Waals surface area contributed by atoms with E-state index in [9.17, 15) is 0 Å². The highest BCUT2D eigenvalue weighted by atomic mass is 15.4. The predicted molar refractivity (Wildman–Crippen MR) is 33.0 cm³/mol. The Labute approximate surface area is 52.6 Å². The van der Waals surface area contributed by atoms with E-state index in [1.54, 1.807) is 6.20 Å². The van der Waals surface area contributed by atoms with E-state index in [2.05, 4.69) is 15.2 Å². The summed E-state index contributed by atoms with van der Waals surface area (Å²) in [5.74, 6) is 0.887. The van der Waals surface area contributed by atoms with Crippen LogP contribution in [0, 0.1) is 0 Å². The molecule has 0 aromatic heterocycles. The molecule has 0 atom stereocenters. The van der Waals surface area contributed by atoms with Crippen molar-refractivity contribution in [2.45, 2.75) is 0 Å². The van der Waals surface area contributed by atoms with Gasteiger partial charge in [0.05, 0.1) is 12.7 Å². The Morgan fingerprint density at radius 1 is 1.56 bits per heavy atom. The van der Waals surface area contributed by atoms with Crippen molar-refractivity contribution < 1.29 is 0 Å². The van der Waals surface area contributed by atoms with Crippen LogP contribution in [-0.4, -0.2) is 24.3 Å². The molecule has 0 aromatic rings. The first-order chi connectivity index (χ1) is 4.47. The number of aliphatic imine (C=N–C) groups is 1. The molecule has 2 rings (SSSR count). The number of azo groups is 1. The molecule has 2 aliphatic heterocycles. The zero-order valence-corrected chi connectivity index (χ0v) is 4.86. The van der Waals surface area contributed by atoms with Gasteiger partial charge in [0.2, 0.25) is 0 Å².